The molecule has 3 aliphatic carbocycles. The zero-order valence-corrected chi connectivity index (χ0v) is 19.5. The van der Waals surface area contributed by atoms with E-state index in [2.05, 4.69) is 6.58 Å². The van der Waals surface area contributed by atoms with Crippen molar-refractivity contribution in [3.05, 3.63) is 64.1 Å². The van der Waals surface area contributed by atoms with Crippen molar-refractivity contribution in [1.82, 2.24) is 0 Å². The Morgan fingerprint density at radius 1 is 1.29 bits per heavy atom. The largest absolute Gasteiger partial charge is 0.512 e. The normalized spacial score (nSPS) is 30.2. The van der Waals surface area contributed by atoms with Crippen LogP contribution in [0.4, 0.5) is 0 Å². The van der Waals surface area contributed by atoms with Crippen LogP contribution >= 0.6 is 0 Å². The average Bonchev–Trinajstić information content (AvgIpc) is 2.68. The van der Waals surface area contributed by atoms with Gasteiger partial charge in [0, 0.05) is 17.5 Å². The molecule has 182 valence electrons. The van der Waals surface area contributed by atoms with Gasteiger partial charge in [-0.25, -0.2) is 0 Å². The highest BCUT2D eigenvalue weighted by Gasteiger charge is 2.55. The first kappa shape index (κ1) is 24.0. The van der Waals surface area contributed by atoms with Gasteiger partial charge in [0.2, 0.25) is 0 Å². The third kappa shape index (κ3) is 3.61. The van der Waals surface area contributed by atoms with Crippen LogP contribution in [0.25, 0.3) is 0 Å². The standard InChI is InChI=1S/C26H32N2O6/c1-4-7-25(2,28)11-13-6-5-12-8-14-9-15-10-16(29)20(24(27)33)26(3,34)19(15)23(32)18(14)22(31)17(12)21(13)30/h4-6,14-15,19,29-30,32,34H,1,7-11,28H2,2-3H3,(H2,27,33). The molecular weight excluding hydrogens is 436 g/mol. The molecule has 5 unspecified atom stereocenters. The summed E-state index contributed by atoms with van der Waals surface area (Å²) in [6.07, 6.45) is 3.45. The molecule has 0 aliphatic heterocycles. The zero-order chi connectivity index (χ0) is 25.2. The molecule has 0 radical (unpaired) electrons. The molecule has 4 rings (SSSR count). The van der Waals surface area contributed by atoms with Gasteiger partial charge in [-0.15, -0.1) is 6.58 Å². The van der Waals surface area contributed by atoms with E-state index in [1.54, 1.807) is 12.1 Å². The van der Waals surface area contributed by atoms with Gasteiger partial charge in [0.15, 0.2) is 5.78 Å². The van der Waals surface area contributed by atoms with Crippen LogP contribution < -0.4 is 11.5 Å². The quantitative estimate of drug-likeness (QED) is 0.361. The van der Waals surface area contributed by atoms with E-state index < -0.39 is 28.7 Å². The third-order valence-corrected chi connectivity index (χ3v) is 7.63. The molecule has 8 nitrogen and oxygen atoms in total. The van der Waals surface area contributed by atoms with Gasteiger partial charge in [-0.05, 0) is 62.5 Å². The summed E-state index contributed by atoms with van der Waals surface area (Å²) in [6, 6.07) is 3.58. The Morgan fingerprint density at radius 2 is 1.97 bits per heavy atom. The minimum absolute atomic E-state index is 0.0660. The monoisotopic (exact) mass is 468 g/mol. The van der Waals surface area contributed by atoms with Crippen molar-refractivity contribution in [2.24, 2.45) is 29.2 Å². The number of primary amides is 1. The maximum atomic E-state index is 13.6. The smallest absolute Gasteiger partial charge is 0.250 e. The van der Waals surface area contributed by atoms with Gasteiger partial charge >= 0.3 is 0 Å². The molecule has 3 aliphatic rings. The fourth-order valence-electron chi connectivity index (χ4n) is 6.30. The maximum absolute atomic E-state index is 13.6. The molecule has 1 aromatic carbocycles. The first-order chi connectivity index (χ1) is 15.8. The summed E-state index contributed by atoms with van der Waals surface area (Å²) in [4.78, 5) is 25.6. The molecule has 8 N–H and O–H groups in total. The SMILES string of the molecule is C=CCC(C)(N)Cc1ccc2c(c1O)C(=O)C1=C(O)C3C(CC(O)=C(C(N)=O)C3(C)O)CC1C2. The Bertz CT molecular complexity index is 1160. The first-order valence-corrected chi connectivity index (χ1v) is 11.5. The Morgan fingerprint density at radius 3 is 2.59 bits per heavy atom. The van der Waals surface area contributed by atoms with Gasteiger partial charge in [-0.2, -0.15) is 0 Å². The van der Waals surface area contributed by atoms with Crippen LogP contribution in [0.3, 0.4) is 0 Å². The van der Waals surface area contributed by atoms with Crippen LogP contribution in [0.2, 0.25) is 0 Å². The van der Waals surface area contributed by atoms with E-state index in [0.29, 0.717) is 36.8 Å². The number of aromatic hydroxyl groups is 1. The molecule has 0 aromatic heterocycles. The number of benzene rings is 1. The minimum Gasteiger partial charge on any atom is -0.512 e. The first-order valence-electron chi connectivity index (χ1n) is 11.5. The van der Waals surface area contributed by atoms with E-state index in [1.165, 1.54) is 6.92 Å². The van der Waals surface area contributed by atoms with Crippen molar-refractivity contribution in [3.63, 3.8) is 0 Å². The predicted molar refractivity (Wildman–Crippen MR) is 126 cm³/mol. The predicted octanol–water partition coefficient (Wildman–Crippen LogP) is 2.48. The average molecular weight is 469 g/mol. The minimum atomic E-state index is -1.95. The van der Waals surface area contributed by atoms with Gasteiger partial charge in [-0.3, -0.25) is 9.59 Å². The molecule has 0 spiro atoms. The Kier molecular flexibility index (Phi) is 5.65. The summed E-state index contributed by atoms with van der Waals surface area (Å²) in [6.45, 7) is 6.87. The van der Waals surface area contributed by atoms with E-state index in [1.807, 2.05) is 13.0 Å². The highest BCUT2D eigenvalue weighted by molar-refractivity contribution is 6.13. The van der Waals surface area contributed by atoms with E-state index >= 15 is 0 Å². The maximum Gasteiger partial charge on any atom is 0.250 e. The second kappa shape index (κ2) is 7.99. The van der Waals surface area contributed by atoms with E-state index in [-0.39, 0.29) is 52.2 Å². The molecule has 0 saturated carbocycles. The van der Waals surface area contributed by atoms with Crippen LogP contribution in [0, 0.1) is 17.8 Å². The summed E-state index contributed by atoms with van der Waals surface area (Å²) in [7, 11) is 0. The van der Waals surface area contributed by atoms with Crippen LogP contribution in [-0.2, 0) is 17.6 Å². The zero-order valence-electron chi connectivity index (χ0n) is 19.5. The summed E-state index contributed by atoms with van der Waals surface area (Å²) in [5.74, 6) is -3.94. The second-order valence-electron chi connectivity index (χ2n) is 10.5. The summed E-state index contributed by atoms with van der Waals surface area (Å²) in [5, 5.41) is 43.9. The number of phenols is 1. The number of amides is 1. The van der Waals surface area contributed by atoms with Crippen LogP contribution in [0.5, 0.6) is 5.75 Å². The van der Waals surface area contributed by atoms with Gasteiger partial charge in [0.1, 0.15) is 22.9 Å². The number of hydrogen-bond donors (Lipinski definition) is 6. The number of Topliss-reactive ketones (excluding diaryl/α,β-unsaturated/α-hetero) is 1. The fourth-order valence-corrected chi connectivity index (χ4v) is 6.30. The summed E-state index contributed by atoms with van der Waals surface area (Å²) in [5.41, 5.74) is 10.2. The van der Waals surface area contributed by atoms with Crippen LogP contribution in [-0.4, -0.2) is 43.3 Å². The Labute approximate surface area is 198 Å². The number of carbonyl (C=O) groups is 2. The highest BCUT2D eigenvalue weighted by Crippen LogP contribution is 2.53. The molecule has 0 heterocycles. The highest BCUT2D eigenvalue weighted by atomic mass is 16.3. The van der Waals surface area contributed by atoms with Crippen molar-refractivity contribution in [1.29, 1.82) is 0 Å². The number of nitrogens with two attached hydrogens (primary N) is 2. The van der Waals surface area contributed by atoms with E-state index in [4.69, 9.17) is 11.5 Å². The number of rotatable bonds is 5. The fraction of sp³-hybridized carbons (Fsp3) is 0.462. The molecule has 8 heteroatoms. The molecule has 5 atom stereocenters. The molecule has 1 aromatic rings. The third-order valence-electron chi connectivity index (χ3n) is 7.63. The van der Waals surface area contributed by atoms with E-state index in [9.17, 15) is 30.0 Å². The van der Waals surface area contributed by atoms with Crippen molar-refractivity contribution in [2.45, 2.75) is 57.1 Å². The van der Waals surface area contributed by atoms with Crippen molar-refractivity contribution in [2.75, 3.05) is 0 Å². The number of carbonyl (C=O) groups excluding carboxylic acids is 2. The van der Waals surface area contributed by atoms with Crippen LogP contribution in [0.15, 0.2) is 47.5 Å². The summed E-state index contributed by atoms with van der Waals surface area (Å²) >= 11 is 0. The van der Waals surface area contributed by atoms with Gasteiger partial charge < -0.3 is 31.9 Å². The lowest BCUT2D eigenvalue weighted by Gasteiger charge is -2.48. The topological polar surface area (TPSA) is 167 Å². The number of aliphatic hydroxyl groups is 3. The number of fused-ring (bicyclic) bond motifs is 3. The van der Waals surface area contributed by atoms with Crippen molar-refractivity contribution >= 4 is 11.7 Å². The molecule has 34 heavy (non-hydrogen) atoms. The molecule has 1 amide bonds. The van der Waals surface area contributed by atoms with Crippen molar-refractivity contribution < 1.29 is 30.0 Å². The Balaban J connectivity index is 1.79. The van der Waals surface area contributed by atoms with E-state index in [0.717, 1.165) is 0 Å². The Hall–Kier alpha value is -3.10. The lowest BCUT2D eigenvalue weighted by Crippen LogP contribution is -2.52. The van der Waals surface area contributed by atoms with Gasteiger partial charge in [0.25, 0.3) is 5.91 Å². The number of ketones is 1. The number of hydrogen-bond acceptors (Lipinski definition) is 7. The molecule has 0 saturated heterocycles. The lowest BCUT2D eigenvalue weighted by molar-refractivity contribution is -0.119. The number of phenolic OH excluding ortho intramolecular Hbond substituents is 1. The molecule has 0 bridgehead atoms. The molecular formula is C26H32N2O6. The van der Waals surface area contributed by atoms with Crippen LogP contribution in [0.1, 0.15) is 54.6 Å². The van der Waals surface area contributed by atoms with Crippen molar-refractivity contribution in [3.8, 4) is 5.75 Å². The van der Waals surface area contributed by atoms with Gasteiger partial charge in [0.05, 0.1) is 17.1 Å². The second-order valence-corrected chi connectivity index (χ2v) is 10.5. The molecule has 0 fully saturated rings. The number of allylic oxidation sites excluding steroid dienone is 2. The van der Waals surface area contributed by atoms with Gasteiger partial charge in [-0.1, -0.05) is 18.2 Å². The summed E-state index contributed by atoms with van der Waals surface area (Å²) < 4.78 is 0. The number of aliphatic hydroxyl groups excluding tert-OH is 2. The lowest BCUT2D eigenvalue weighted by atomic mass is 9.58.